The van der Waals surface area contributed by atoms with E-state index in [1.807, 2.05) is 6.92 Å². The molecule has 2 atom stereocenters. The van der Waals surface area contributed by atoms with Crippen LogP contribution in [0.5, 0.6) is 5.75 Å². The molecule has 0 aliphatic carbocycles. The first-order chi connectivity index (χ1) is 10.9. The number of hydrogen-bond acceptors (Lipinski definition) is 3. The van der Waals surface area contributed by atoms with Gasteiger partial charge in [0.15, 0.2) is 0 Å². The Hall–Kier alpha value is -2.40. The van der Waals surface area contributed by atoms with E-state index in [4.69, 9.17) is 4.74 Å². The predicted molar refractivity (Wildman–Crippen MR) is 84.6 cm³/mol. The van der Waals surface area contributed by atoms with Crippen molar-refractivity contribution in [1.82, 2.24) is 5.06 Å². The van der Waals surface area contributed by atoms with E-state index in [1.54, 1.807) is 43.3 Å². The molecule has 0 saturated heterocycles. The van der Waals surface area contributed by atoms with Crippen LogP contribution in [0.15, 0.2) is 48.5 Å². The Morgan fingerprint density at radius 1 is 1.04 bits per heavy atom. The number of rotatable bonds is 5. The highest BCUT2D eigenvalue weighted by atomic mass is 19.1. The van der Waals surface area contributed by atoms with Gasteiger partial charge in [0.1, 0.15) is 17.7 Å². The molecule has 0 spiro atoms. The van der Waals surface area contributed by atoms with Gasteiger partial charge in [0, 0.05) is 6.92 Å². The maximum atomic E-state index is 12.9. The summed E-state index contributed by atoms with van der Waals surface area (Å²) in [6, 6.07) is 12.9. The van der Waals surface area contributed by atoms with E-state index >= 15 is 0 Å². The topological polar surface area (TPSA) is 49.8 Å². The molecule has 0 aromatic heterocycles. The molecule has 2 aromatic carbocycles. The molecule has 4 nitrogen and oxygen atoms in total. The Morgan fingerprint density at radius 2 is 1.57 bits per heavy atom. The highest BCUT2D eigenvalue weighted by molar-refractivity contribution is 5.72. The molecule has 5 heteroatoms. The third kappa shape index (κ3) is 4.29. The Balaban J connectivity index is 2.05. The first kappa shape index (κ1) is 17.0. The van der Waals surface area contributed by atoms with E-state index in [0.717, 1.165) is 11.1 Å². The van der Waals surface area contributed by atoms with Crippen molar-refractivity contribution in [1.29, 1.82) is 0 Å². The molecule has 0 fully saturated rings. The second kappa shape index (κ2) is 7.24. The minimum atomic E-state index is -0.434. The first-order valence-electron chi connectivity index (χ1n) is 7.39. The minimum absolute atomic E-state index is 0.217. The Bertz CT molecular complexity index is 655. The number of carbonyl (C=O) groups is 1. The summed E-state index contributed by atoms with van der Waals surface area (Å²) in [5, 5.41) is 10.3. The molecule has 1 amide bonds. The van der Waals surface area contributed by atoms with Gasteiger partial charge in [0.25, 0.3) is 0 Å². The number of hydrogen-bond donors (Lipinski definition) is 1. The standard InChI is InChI=1S/C18H20FNO3/c1-12(20(22)14(3)21)15-6-10-18(11-7-15)23-13(2)16-4-8-17(19)9-5-16/h4-13,22H,1-3H3. The fraction of sp³-hybridized carbons (Fsp3) is 0.278. The summed E-state index contributed by atoms with van der Waals surface area (Å²) < 4.78 is 18.7. The smallest absolute Gasteiger partial charge is 0.243 e. The molecular formula is C18H20FNO3. The molecule has 0 aliphatic heterocycles. The summed E-state index contributed by atoms with van der Waals surface area (Å²) in [6.07, 6.45) is -0.217. The lowest BCUT2D eigenvalue weighted by molar-refractivity contribution is -0.172. The van der Waals surface area contributed by atoms with Crippen molar-refractivity contribution in [2.24, 2.45) is 0 Å². The molecule has 1 N–H and O–H groups in total. The van der Waals surface area contributed by atoms with Gasteiger partial charge in [-0.2, -0.15) is 0 Å². The lowest BCUT2D eigenvalue weighted by Gasteiger charge is -2.22. The van der Waals surface area contributed by atoms with E-state index in [0.29, 0.717) is 10.8 Å². The number of halogens is 1. The molecule has 122 valence electrons. The lowest BCUT2D eigenvalue weighted by atomic mass is 10.1. The van der Waals surface area contributed by atoms with Crippen LogP contribution in [0.3, 0.4) is 0 Å². The molecule has 0 bridgehead atoms. The summed E-state index contributed by atoms with van der Waals surface area (Å²) in [4.78, 5) is 11.2. The number of hydroxylamine groups is 2. The van der Waals surface area contributed by atoms with Crippen LogP contribution in [0.2, 0.25) is 0 Å². The maximum Gasteiger partial charge on any atom is 0.243 e. The first-order valence-corrected chi connectivity index (χ1v) is 7.39. The average molecular weight is 317 g/mol. The Morgan fingerprint density at radius 3 is 2.09 bits per heavy atom. The fourth-order valence-corrected chi connectivity index (χ4v) is 2.24. The van der Waals surface area contributed by atoms with Crippen LogP contribution in [0, 0.1) is 5.82 Å². The van der Waals surface area contributed by atoms with Crippen molar-refractivity contribution in [3.63, 3.8) is 0 Å². The van der Waals surface area contributed by atoms with Crippen LogP contribution in [0.1, 0.15) is 44.0 Å². The molecule has 0 radical (unpaired) electrons. The molecule has 23 heavy (non-hydrogen) atoms. The largest absolute Gasteiger partial charge is 0.486 e. The van der Waals surface area contributed by atoms with E-state index in [1.165, 1.54) is 19.1 Å². The summed E-state index contributed by atoms with van der Waals surface area (Å²) in [5.74, 6) is -0.0360. The average Bonchev–Trinajstić information content (AvgIpc) is 2.54. The van der Waals surface area contributed by atoms with E-state index in [9.17, 15) is 14.4 Å². The molecule has 0 heterocycles. The molecule has 2 unspecified atom stereocenters. The summed E-state index contributed by atoms with van der Waals surface area (Å²) in [5.41, 5.74) is 1.67. The summed E-state index contributed by atoms with van der Waals surface area (Å²) in [6.45, 7) is 4.92. The molecule has 2 aromatic rings. The highest BCUT2D eigenvalue weighted by Crippen LogP contribution is 2.25. The van der Waals surface area contributed by atoms with Gasteiger partial charge in [0.05, 0.1) is 6.04 Å². The van der Waals surface area contributed by atoms with Gasteiger partial charge < -0.3 is 4.74 Å². The Kier molecular flexibility index (Phi) is 5.34. The molecule has 0 saturated carbocycles. The van der Waals surface area contributed by atoms with E-state index < -0.39 is 11.9 Å². The number of benzene rings is 2. The van der Waals surface area contributed by atoms with Crippen LogP contribution >= 0.6 is 0 Å². The normalized spacial score (nSPS) is 13.3. The SMILES string of the molecule is CC(=O)N(O)C(C)c1ccc(OC(C)c2ccc(F)cc2)cc1. The van der Waals surface area contributed by atoms with E-state index in [-0.39, 0.29) is 11.9 Å². The van der Waals surface area contributed by atoms with E-state index in [2.05, 4.69) is 0 Å². The molecule has 0 aliphatic rings. The zero-order valence-electron chi connectivity index (χ0n) is 13.4. The van der Waals surface area contributed by atoms with Crippen molar-refractivity contribution in [2.75, 3.05) is 0 Å². The Labute approximate surface area is 135 Å². The number of ether oxygens (including phenoxy) is 1. The minimum Gasteiger partial charge on any atom is -0.486 e. The summed E-state index contributed by atoms with van der Waals surface area (Å²) >= 11 is 0. The number of amides is 1. The second-order valence-corrected chi connectivity index (χ2v) is 5.42. The van der Waals surface area contributed by atoms with Gasteiger partial charge in [-0.1, -0.05) is 24.3 Å². The van der Waals surface area contributed by atoms with Crippen molar-refractivity contribution in [3.8, 4) is 5.75 Å². The van der Waals surface area contributed by atoms with Crippen molar-refractivity contribution >= 4 is 5.91 Å². The van der Waals surface area contributed by atoms with Crippen molar-refractivity contribution in [3.05, 3.63) is 65.5 Å². The van der Waals surface area contributed by atoms with Gasteiger partial charge in [-0.3, -0.25) is 10.0 Å². The van der Waals surface area contributed by atoms with Crippen molar-refractivity contribution < 1.29 is 19.1 Å². The fourth-order valence-electron chi connectivity index (χ4n) is 2.24. The van der Waals surface area contributed by atoms with Crippen LogP contribution in [0.4, 0.5) is 4.39 Å². The lowest BCUT2D eigenvalue weighted by Crippen LogP contribution is -2.27. The quantitative estimate of drug-likeness (QED) is 0.662. The van der Waals surface area contributed by atoms with Gasteiger partial charge in [-0.15, -0.1) is 0 Å². The zero-order chi connectivity index (χ0) is 17.0. The monoisotopic (exact) mass is 317 g/mol. The summed E-state index contributed by atoms with van der Waals surface area (Å²) in [7, 11) is 0. The molecular weight excluding hydrogens is 297 g/mol. The maximum absolute atomic E-state index is 12.9. The second-order valence-electron chi connectivity index (χ2n) is 5.42. The zero-order valence-corrected chi connectivity index (χ0v) is 13.4. The van der Waals surface area contributed by atoms with Crippen LogP contribution < -0.4 is 4.74 Å². The van der Waals surface area contributed by atoms with Crippen molar-refractivity contribution in [2.45, 2.75) is 32.9 Å². The number of carbonyl (C=O) groups excluding carboxylic acids is 1. The van der Waals surface area contributed by atoms with Gasteiger partial charge in [0.2, 0.25) is 5.91 Å². The van der Waals surface area contributed by atoms with Crippen LogP contribution in [-0.2, 0) is 4.79 Å². The van der Waals surface area contributed by atoms with Gasteiger partial charge in [-0.25, -0.2) is 9.45 Å². The predicted octanol–water partition coefficient (Wildman–Crippen LogP) is 4.26. The van der Waals surface area contributed by atoms with Gasteiger partial charge >= 0.3 is 0 Å². The van der Waals surface area contributed by atoms with Crippen LogP contribution in [0.25, 0.3) is 0 Å². The molecule has 2 rings (SSSR count). The number of nitrogens with zero attached hydrogens (tertiary/aromatic N) is 1. The third-order valence-electron chi connectivity index (χ3n) is 3.70. The van der Waals surface area contributed by atoms with Gasteiger partial charge in [-0.05, 0) is 49.2 Å². The third-order valence-corrected chi connectivity index (χ3v) is 3.70. The van der Waals surface area contributed by atoms with Crippen LogP contribution in [-0.4, -0.2) is 16.2 Å². The highest BCUT2D eigenvalue weighted by Gasteiger charge is 2.16.